The smallest absolute Gasteiger partial charge is 0.416 e. The molecule has 29 heavy (non-hydrogen) atoms. The molecule has 3 heterocycles. The summed E-state index contributed by atoms with van der Waals surface area (Å²) >= 11 is 0. The monoisotopic (exact) mass is 406 g/mol. The minimum Gasteiger partial charge on any atom is -0.493 e. The number of nitrogens with zero attached hydrogens (tertiary/aromatic N) is 3. The van der Waals surface area contributed by atoms with E-state index >= 15 is 0 Å². The molecule has 1 saturated heterocycles. The number of urea groups is 1. The number of piperazine rings is 1. The summed E-state index contributed by atoms with van der Waals surface area (Å²) in [7, 11) is 0. The molecule has 0 saturated carbocycles. The summed E-state index contributed by atoms with van der Waals surface area (Å²) in [4.78, 5) is 20.4. The number of ether oxygens (including phenoxy) is 1. The Hall–Kier alpha value is -2.81. The van der Waals surface area contributed by atoms with Gasteiger partial charge >= 0.3 is 12.2 Å². The fraction of sp³-hybridized carbons (Fsp3) is 0.400. The van der Waals surface area contributed by atoms with Gasteiger partial charge in [0.05, 0.1) is 12.2 Å². The van der Waals surface area contributed by atoms with Crippen molar-refractivity contribution in [1.29, 1.82) is 0 Å². The molecule has 2 aliphatic heterocycles. The van der Waals surface area contributed by atoms with Gasteiger partial charge in [0.15, 0.2) is 0 Å². The fourth-order valence-corrected chi connectivity index (χ4v) is 3.79. The summed E-state index contributed by atoms with van der Waals surface area (Å²) in [6.07, 6.45) is -2.07. The van der Waals surface area contributed by atoms with Gasteiger partial charge in [-0.15, -0.1) is 0 Å². The highest BCUT2D eigenvalue weighted by Gasteiger charge is 2.35. The van der Waals surface area contributed by atoms with Crippen molar-refractivity contribution in [3.05, 3.63) is 53.7 Å². The Bertz CT molecular complexity index is 868. The predicted octanol–water partition coefficient (Wildman–Crippen LogP) is 3.77. The van der Waals surface area contributed by atoms with Gasteiger partial charge in [-0.1, -0.05) is 12.1 Å². The number of halogens is 3. The van der Waals surface area contributed by atoms with Crippen LogP contribution >= 0.6 is 0 Å². The summed E-state index contributed by atoms with van der Waals surface area (Å²) in [6.45, 7) is 2.72. The number of anilines is 1. The van der Waals surface area contributed by atoms with Crippen LogP contribution < -0.4 is 10.1 Å². The topological polar surface area (TPSA) is 57.7 Å². The summed E-state index contributed by atoms with van der Waals surface area (Å²) in [5.41, 5.74) is 0.0727. The molecular weight excluding hydrogens is 385 g/mol. The van der Waals surface area contributed by atoms with Crippen molar-refractivity contribution in [2.24, 2.45) is 0 Å². The van der Waals surface area contributed by atoms with Gasteiger partial charge in [0, 0.05) is 50.4 Å². The number of carbonyl (C=O) groups excluding carboxylic acids is 1. The molecule has 1 aromatic carbocycles. The normalized spacial score (nSPS) is 20.0. The largest absolute Gasteiger partial charge is 0.493 e. The molecule has 0 bridgehead atoms. The number of pyridine rings is 1. The molecule has 2 aromatic rings. The van der Waals surface area contributed by atoms with Crippen molar-refractivity contribution >= 4 is 11.8 Å². The van der Waals surface area contributed by atoms with E-state index in [-0.39, 0.29) is 12.1 Å². The van der Waals surface area contributed by atoms with E-state index in [0.29, 0.717) is 50.8 Å². The van der Waals surface area contributed by atoms with Crippen molar-refractivity contribution < 1.29 is 22.7 Å². The zero-order valence-corrected chi connectivity index (χ0v) is 15.7. The van der Waals surface area contributed by atoms with Gasteiger partial charge in [0.1, 0.15) is 11.6 Å². The van der Waals surface area contributed by atoms with Crippen molar-refractivity contribution in [1.82, 2.24) is 14.8 Å². The number of rotatable bonds is 2. The molecule has 0 radical (unpaired) electrons. The molecule has 0 aliphatic carbocycles. The molecular formula is C20H21F3N4O2. The zero-order valence-electron chi connectivity index (χ0n) is 15.7. The fourth-order valence-electron chi connectivity index (χ4n) is 3.79. The lowest BCUT2D eigenvalue weighted by Crippen LogP contribution is -2.51. The number of hydrogen-bond acceptors (Lipinski definition) is 4. The summed E-state index contributed by atoms with van der Waals surface area (Å²) in [6, 6.07) is 8.79. The third-order valence-corrected chi connectivity index (χ3v) is 5.29. The van der Waals surface area contributed by atoms with Crippen LogP contribution in [0.2, 0.25) is 0 Å². The Kier molecular flexibility index (Phi) is 5.31. The van der Waals surface area contributed by atoms with E-state index in [9.17, 15) is 18.0 Å². The lowest BCUT2D eigenvalue weighted by atomic mass is 9.96. The predicted molar refractivity (Wildman–Crippen MR) is 101 cm³/mol. The SMILES string of the molecule is O=C(Nc1ccccn1)N1CCN(C2CCOc3cc(C(F)(F)F)ccc32)CC1. The molecule has 154 valence electrons. The third kappa shape index (κ3) is 4.29. The van der Waals surface area contributed by atoms with Crippen LogP contribution in [0, 0.1) is 0 Å². The second-order valence-corrected chi connectivity index (χ2v) is 7.07. The minimum absolute atomic E-state index is 0.0120. The standard InChI is InChI=1S/C20H21F3N4O2/c21-20(22,23)14-4-5-15-16(6-12-29-17(15)13-14)26-8-10-27(11-9-26)19(28)25-18-3-1-2-7-24-18/h1-5,7,13,16H,6,8-12H2,(H,24,25,28). The van der Waals surface area contributed by atoms with Gasteiger partial charge in [-0.3, -0.25) is 10.2 Å². The lowest BCUT2D eigenvalue weighted by molar-refractivity contribution is -0.137. The second-order valence-electron chi connectivity index (χ2n) is 7.07. The number of aromatic nitrogens is 1. The number of amides is 2. The average molecular weight is 406 g/mol. The highest BCUT2D eigenvalue weighted by Crippen LogP contribution is 2.40. The van der Waals surface area contributed by atoms with E-state index in [4.69, 9.17) is 4.74 Å². The molecule has 4 rings (SSSR count). The molecule has 1 aromatic heterocycles. The Labute approximate surface area is 166 Å². The number of carbonyl (C=O) groups is 1. The summed E-state index contributed by atoms with van der Waals surface area (Å²) < 4.78 is 44.4. The molecule has 2 aliphatic rings. The molecule has 1 fully saturated rings. The van der Waals surface area contributed by atoms with Crippen LogP contribution in [-0.4, -0.2) is 53.6 Å². The van der Waals surface area contributed by atoms with E-state index in [2.05, 4.69) is 15.2 Å². The first-order valence-corrected chi connectivity index (χ1v) is 9.47. The van der Waals surface area contributed by atoms with Crippen molar-refractivity contribution in [3.63, 3.8) is 0 Å². The number of alkyl halides is 3. The average Bonchev–Trinajstić information content (AvgIpc) is 2.73. The van der Waals surface area contributed by atoms with Crippen molar-refractivity contribution in [2.75, 3.05) is 38.1 Å². The molecule has 0 spiro atoms. The first-order valence-electron chi connectivity index (χ1n) is 9.47. The zero-order chi connectivity index (χ0) is 20.4. The second kappa shape index (κ2) is 7.90. The Balaban J connectivity index is 1.40. The van der Waals surface area contributed by atoms with E-state index in [1.54, 1.807) is 29.3 Å². The Morgan fingerprint density at radius 1 is 1.14 bits per heavy atom. The maximum absolute atomic E-state index is 13.0. The van der Waals surface area contributed by atoms with Gasteiger partial charge in [-0.2, -0.15) is 13.2 Å². The van der Waals surface area contributed by atoms with Crippen LogP contribution in [0.4, 0.5) is 23.8 Å². The Morgan fingerprint density at radius 3 is 2.62 bits per heavy atom. The minimum atomic E-state index is -4.39. The molecule has 1 unspecified atom stereocenters. The van der Waals surface area contributed by atoms with Crippen LogP contribution in [0.3, 0.4) is 0 Å². The molecule has 6 nitrogen and oxygen atoms in total. The van der Waals surface area contributed by atoms with Gasteiger partial charge in [0.2, 0.25) is 0 Å². The number of benzene rings is 1. The summed E-state index contributed by atoms with van der Waals surface area (Å²) in [5.74, 6) is 0.796. The van der Waals surface area contributed by atoms with Gasteiger partial charge < -0.3 is 9.64 Å². The van der Waals surface area contributed by atoms with Crippen LogP contribution in [0.1, 0.15) is 23.6 Å². The van der Waals surface area contributed by atoms with E-state index < -0.39 is 11.7 Å². The van der Waals surface area contributed by atoms with Crippen LogP contribution in [0.15, 0.2) is 42.6 Å². The van der Waals surface area contributed by atoms with E-state index in [1.807, 2.05) is 0 Å². The number of nitrogens with one attached hydrogen (secondary N) is 1. The van der Waals surface area contributed by atoms with E-state index in [1.165, 1.54) is 6.07 Å². The quantitative estimate of drug-likeness (QED) is 0.825. The maximum Gasteiger partial charge on any atom is 0.416 e. The van der Waals surface area contributed by atoms with Crippen LogP contribution in [-0.2, 0) is 6.18 Å². The first kappa shape index (κ1) is 19.5. The molecule has 1 N–H and O–H groups in total. The van der Waals surface area contributed by atoms with Crippen molar-refractivity contribution in [2.45, 2.75) is 18.6 Å². The van der Waals surface area contributed by atoms with Crippen molar-refractivity contribution in [3.8, 4) is 5.75 Å². The maximum atomic E-state index is 13.0. The highest BCUT2D eigenvalue weighted by molar-refractivity contribution is 5.88. The van der Waals surface area contributed by atoms with Gasteiger partial charge in [-0.05, 0) is 24.3 Å². The van der Waals surface area contributed by atoms with Gasteiger partial charge in [0.25, 0.3) is 0 Å². The third-order valence-electron chi connectivity index (χ3n) is 5.29. The first-order chi connectivity index (χ1) is 13.9. The van der Waals surface area contributed by atoms with E-state index in [0.717, 1.165) is 17.7 Å². The molecule has 9 heteroatoms. The molecule has 2 amide bonds. The van der Waals surface area contributed by atoms with Crippen LogP contribution in [0.25, 0.3) is 0 Å². The van der Waals surface area contributed by atoms with Gasteiger partial charge in [-0.25, -0.2) is 9.78 Å². The number of hydrogen-bond donors (Lipinski definition) is 1. The molecule has 1 atom stereocenters. The highest BCUT2D eigenvalue weighted by atomic mass is 19.4. The number of fused-ring (bicyclic) bond motifs is 1. The van der Waals surface area contributed by atoms with Crippen LogP contribution in [0.5, 0.6) is 5.75 Å². The lowest BCUT2D eigenvalue weighted by Gasteiger charge is -2.41. The Morgan fingerprint density at radius 2 is 1.93 bits per heavy atom. The summed E-state index contributed by atoms with van der Waals surface area (Å²) in [5, 5.41) is 2.77.